The number of thiophene rings is 1. The van der Waals surface area contributed by atoms with Gasteiger partial charge in [0.25, 0.3) is 5.91 Å². The van der Waals surface area contributed by atoms with E-state index in [1.54, 1.807) is 17.6 Å². The van der Waals surface area contributed by atoms with Crippen molar-refractivity contribution in [2.45, 2.75) is 39.5 Å². The lowest BCUT2D eigenvalue weighted by atomic mass is 9.96. The Morgan fingerprint density at radius 3 is 2.59 bits per heavy atom. The second-order valence-corrected chi connectivity index (χ2v) is 10.2. The van der Waals surface area contributed by atoms with E-state index in [-0.39, 0.29) is 12.5 Å². The molecule has 0 bridgehead atoms. The van der Waals surface area contributed by atoms with Crippen molar-refractivity contribution in [2.24, 2.45) is 5.10 Å². The minimum atomic E-state index is -0.338. The monoisotopic (exact) mass is 508 g/mol. The molecule has 2 aromatic heterocycles. The summed E-state index contributed by atoms with van der Waals surface area (Å²) in [6.45, 7) is 3.91. The summed E-state index contributed by atoms with van der Waals surface area (Å²) in [5, 5.41) is 15.0. The summed E-state index contributed by atoms with van der Waals surface area (Å²) in [5.41, 5.74) is 9.69. The van der Waals surface area contributed by atoms with E-state index in [9.17, 15) is 10.1 Å². The number of carbonyl (C=O) groups excluding carboxylic acids is 1. The third kappa shape index (κ3) is 5.20. The number of carbonyl (C=O) groups is 1. The van der Waals surface area contributed by atoms with Crippen LogP contribution >= 0.6 is 11.3 Å². The SMILES string of the molecule is Cc1cc(/C=N\NC(=O)COc2ccc(-c3ccccc3)cc2)c(C)n1-c1sc2c(c1C#N)CCCC2. The molecule has 0 spiro atoms. The Labute approximate surface area is 220 Å². The zero-order valence-electron chi connectivity index (χ0n) is 21.0. The van der Waals surface area contributed by atoms with Gasteiger partial charge in [-0.05, 0) is 74.4 Å². The van der Waals surface area contributed by atoms with E-state index < -0.39 is 0 Å². The zero-order valence-corrected chi connectivity index (χ0v) is 21.8. The van der Waals surface area contributed by atoms with Crippen LogP contribution in [0.3, 0.4) is 0 Å². The minimum absolute atomic E-state index is 0.132. The fourth-order valence-electron chi connectivity index (χ4n) is 4.78. The molecule has 0 unspecified atom stereocenters. The maximum absolute atomic E-state index is 12.3. The van der Waals surface area contributed by atoms with Gasteiger partial charge in [0, 0.05) is 21.8 Å². The molecule has 186 valence electrons. The van der Waals surface area contributed by atoms with Crippen LogP contribution in [0.15, 0.2) is 65.8 Å². The van der Waals surface area contributed by atoms with Crippen molar-refractivity contribution < 1.29 is 9.53 Å². The van der Waals surface area contributed by atoms with Crippen LogP contribution in [0.4, 0.5) is 0 Å². The van der Waals surface area contributed by atoms with E-state index in [1.165, 1.54) is 16.9 Å². The molecule has 5 rings (SSSR count). The first-order valence-electron chi connectivity index (χ1n) is 12.4. The fraction of sp³-hybridized carbons (Fsp3) is 0.233. The zero-order chi connectivity index (χ0) is 25.8. The van der Waals surface area contributed by atoms with Crippen LogP contribution in [-0.2, 0) is 17.6 Å². The normalized spacial score (nSPS) is 12.8. The van der Waals surface area contributed by atoms with Gasteiger partial charge in [-0.3, -0.25) is 4.79 Å². The van der Waals surface area contributed by atoms with E-state index in [1.807, 2.05) is 62.4 Å². The van der Waals surface area contributed by atoms with Crippen LogP contribution in [0.2, 0.25) is 0 Å². The molecule has 4 aromatic rings. The molecule has 1 amide bonds. The van der Waals surface area contributed by atoms with E-state index in [2.05, 4.69) is 33.3 Å². The lowest BCUT2D eigenvalue weighted by Gasteiger charge is -2.10. The van der Waals surface area contributed by atoms with Gasteiger partial charge in [0.05, 0.1) is 11.8 Å². The smallest absolute Gasteiger partial charge is 0.277 e. The number of ether oxygens (including phenoxy) is 1. The van der Waals surface area contributed by atoms with Crippen LogP contribution in [0, 0.1) is 25.2 Å². The number of nitrogens with one attached hydrogen (secondary N) is 1. The van der Waals surface area contributed by atoms with Crippen molar-refractivity contribution in [3.63, 3.8) is 0 Å². The van der Waals surface area contributed by atoms with Crippen LogP contribution in [0.1, 0.15) is 45.8 Å². The molecular formula is C30H28N4O2S. The van der Waals surface area contributed by atoms with Gasteiger partial charge in [-0.1, -0.05) is 42.5 Å². The van der Waals surface area contributed by atoms with Gasteiger partial charge in [-0.2, -0.15) is 10.4 Å². The number of aryl methyl sites for hydroxylation is 2. The number of hydrogen-bond donors (Lipinski definition) is 1. The molecule has 1 N–H and O–H groups in total. The van der Waals surface area contributed by atoms with Crippen molar-refractivity contribution in [3.8, 4) is 27.9 Å². The number of aromatic nitrogens is 1. The van der Waals surface area contributed by atoms with Crippen LogP contribution in [0.5, 0.6) is 5.75 Å². The lowest BCUT2D eigenvalue weighted by molar-refractivity contribution is -0.123. The summed E-state index contributed by atoms with van der Waals surface area (Å²) in [6, 6.07) is 22.2. The maximum Gasteiger partial charge on any atom is 0.277 e. The summed E-state index contributed by atoms with van der Waals surface area (Å²) >= 11 is 1.72. The third-order valence-corrected chi connectivity index (χ3v) is 7.94. The second kappa shape index (κ2) is 10.9. The van der Waals surface area contributed by atoms with E-state index in [0.29, 0.717) is 5.75 Å². The number of rotatable bonds is 7. The molecule has 0 fully saturated rings. The molecule has 7 heteroatoms. The highest BCUT2D eigenvalue weighted by molar-refractivity contribution is 7.15. The molecule has 1 aliphatic carbocycles. The first kappa shape index (κ1) is 24.5. The maximum atomic E-state index is 12.3. The van der Waals surface area contributed by atoms with Crippen molar-refractivity contribution in [3.05, 3.63) is 93.6 Å². The van der Waals surface area contributed by atoms with Gasteiger partial charge >= 0.3 is 0 Å². The summed E-state index contributed by atoms with van der Waals surface area (Å²) in [6.07, 6.45) is 6.00. The summed E-state index contributed by atoms with van der Waals surface area (Å²) in [7, 11) is 0. The van der Waals surface area contributed by atoms with Gasteiger partial charge in [0.2, 0.25) is 0 Å². The first-order valence-corrected chi connectivity index (χ1v) is 13.2. The van der Waals surface area contributed by atoms with Crippen LogP contribution < -0.4 is 10.2 Å². The lowest BCUT2D eigenvalue weighted by Crippen LogP contribution is -2.24. The Hall–Kier alpha value is -4.15. The largest absolute Gasteiger partial charge is 0.484 e. The number of hydrogen-bond acceptors (Lipinski definition) is 5. The molecule has 0 aliphatic heterocycles. The minimum Gasteiger partial charge on any atom is -0.484 e. The topological polar surface area (TPSA) is 79.4 Å². The molecule has 0 atom stereocenters. The highest BCUT2D eigenvalue weighted by Gasteiger charge is 2.23. The van der Waals surface area contributed by atoms with Gasteiger partial charge in [0.1, 0.15) is 16.8 Å². The average Bonchev–Trinajstić information content (AvgIpc) is 3.43. The quantitative estimate of drug-likeness (QED) is 0.242. The van der Waals surface area contributed by atoms with E-state index >= 15 is 0 Å². The molecule has 6 nitrogen and oxygen atoms in total. The van der Waals surface area contributed by atoms with Gasteiger partial charge in [-0.15, -0.1) is 11.3 Å². The summed E-state index contributed by atoms with van der Waals surface area (Å²) in [4.78, 5) is 13.6. The molecule has 37 heavy (non-hydrogen) atoms. The Morgan fingerprint density at radius 2 is 1.84 bits per heavy atom. The van der Waals surface area contributed by atoms with Crippen molar-refractivity contribution in [1.82, 2.24) is 9.99 Å². The number of nitrogens with zero attached hydrogens (tertiary/aromatic N) is 3. The molecule has 0 saturated heterocycles. The predicted molar refractivity (Wildman–Crippen MR) is 148 cm³/mol. The van der Waals surface area contributed by atoms with E-state index in [4.69, 9.17) is 4.74 Å². The average molecular weight is 509 g/mol. The number of hydrazone groups is 1. The second-order valence-electron chi connectivity index (χ2n) is 9.14. The van der Waals surface area contributed by atoms with Crippen molar-refractivity contribution in [2.75, 3.05) is 6.61 Å². The van der Waals surface area contributed by atoms with E-state index in [0.717, 1.165) is 57.9 Å². The molecule has 0 saturated carbocycles. The Bertz CT molecular complexity index is 1490. The molecular weight excluding hydrogens is 480 g/mol. The van der Waals surface area contributed by atoms with Crippen molar-refractivity contribution >= 4 is 23.5 Å². The molecule has 2 aromatic carbocycles. The fourth-order valence-corrected chi connectivity index (χ4v) is 6.23. The Morgan fingerprint density at radius 1 is 1.11 bits per heavy atom. The Balaban J connectivity index is 1.21. The molecule has 1 aliphatic rings. The summed E-state index contributed by atoms with van der Waals surface area (Å²) in [5.74, 6) is 0.282. The molecule has 2 heterocycles. The number of benzene rings is 2. The highest BCUT2D eigenvalue weighted by atomic mass is 32.1. The molecule has 0 radical (unpaired) electrons. The first-order chi connectivity index (χ1) is 18.0. The van der Waals surface area contributed by atoms with Gasteiger partial charge in [-0.25, -0.2) is 5.43 Å². The number of nitriles is 1. The van der Waals surface area contributed by atoms with Crippen molar-refractivity contribution in [1.29, 1.82) is 5.26 Å². The number of amides is 1. The predicted octanol–water partition coefficient (Wildman–Crippen LogP) is 6.10. The highest BCUT2D eigenvalue weighted by Crippen LogP contribution is 2.38. The van der Waals surface area contributed by atoms with Crippen LogP contribution in [0.25, 0.3) is 16.1 Å². The van der Waals surface area contributed by atoms with Gasteiger partial charge in [0.15, 0.2) is 6.61 Å². The third-order valence-electron chi connectivity index (χ3n) is 6.66. The number of fused-ring (bicyclic) bond motifs is 1. The standard InChI is InChI=1S/C30H28N4O2S/c1-20-16-24(21(2)34(20)30-27(17-31)26-10-6-7-11-28(26)37-30)18-32-33-29(35)19-36-25-14-12-23(13-15-25)22-8-4-3-5-9-22/h3-5,8-9,12-16,18H,6-7,10-11,19H2,1-2H3,(H,33,35)/b32-18-. The summed E-state index contributed by atoms with van der Waals surface area (Å²) < 4.78 is 7.74. The Kier molecular flexibility index (Phi) is 7.20. The van der Waals surface area contributed by atoms with Gasteiger partial charge < -0.3 is 9.30 Å². The van der Waals surface area contributed by atoms with Crippen LogP contribution in [-0.4, -0.2) is 23.3 Å².